The van der Waals surface area contributed by atoms with Gasteiger partial charge in [-0.1, -0.05) is 44.2 Å². The molecule has 120 valence electrons. The zero-order chi connectivity index (χ0) is 16.4. The summed E-state index contributed by atoms with van der Waals surface area (Å²) in [7, 11) is 0. The zero-order valence-electron chi connectivity index (χ0n) is 13.1. The van der Waals surface area contributed by atoms with Gasteiger partial charge in [0.1, 0.15) is 11.1 Å². The fraction of sp³-hybridized carbons (Fsp3) is 0.529. The predicted molar refractivity (Wildman–Crippen MR) is 82.5 cm³/mol. The van der Waals surface area contributed by atoms with Crippen LogP contribution in [0.1, 0.15) is 45.1 Å². The third kappa shape index (κ3) is 2.39. The minimum Gasteiger partial charge on any atom is -0.480 e. The van der Waals surface area contributed by atoms with Crippen LogP contribution in [-0.2, 0) is 16.1 Å². The maximum atomic E-state index is 11.9. The largest absolute Gasteiger partial charge is 0.480 e. The van der Waals surface area contributed by atoms with E-state index in [9.17, 15) is 19.8 Å². The van der Waals surface area contributed by atoms with E-state index in [1.54, 1.807) is 4.90 Å². The Bertz CT molecular complexity index is 529. The van der Waals surface area contributed by atoms with Gasteiger partial charge in [0.05, 0.1) is 0 Å². The quantitative estimate of drug-likeness (QED) is 0.845. The highest BCUT2D eigenvalue weighted by Crippen LogP contribution is 2.46. The third-order valence-corrected chi connectivity index (χ3v) is 5.14. The average molecular weight is 305 g/mol. The van der Waals surface area contributed by atoms with Crippen LogP contribution in [0, 0.1) is 0 Å². The molecule has 1 aromatic carbocycles. The standard InChI is InChI=1S/C17H23NO4/c1-3-16(14(19)20)10-11-17(4-2,15(21)22)18(16)12-13-8-6-5-7-9-13/h5-9H,3-4,10-12H2,1-2H3,(H,19,20)(H,21,22)/t16-,17-/m1/s1. The highest BCUT2D eigenvalue weighted by molar-refractivity contribution is 5.85. The first-order chi connectivity index (χ1) is 10.4. The number of carboxylic acid groups (broad SMARTS) is 2. The van der Waals surface area contributed by atoms with E-state index in [1.807, 2.05) is 44.2 Å². The monoisotopic (exact) mass is 305 g/mol. The third-order valence-electron chi connectivity index (χ3n) is 5.14. The van der Waals surface area contributed by atoms with Gasteiger partial charge in [-0.15, -0.1) is 0 Å². The molecule has 0 aliphatic carbocycles. The summed E-state index contributed by atoms with van der Waals surface area (Å²) in [4.78, 5) is 25.6. The molecule has 1 saturated heterocycles. The fourth-order valence-corrected chi connectivity index (χ4v) is 3.64. The first-order valence-electron chi connectivity index (χ1n) is 7.71. The number of hydrogen-bond acceptors (Lipinski definition) is 3. The first-order valence-corrected chi connectivity index (χ1v) is 7.71. The maximum absolute atomic E-state index is 11.9. The van der Waals surface area contributed by atoms with Crippen LogP contribution in [0.5, 0.6) is 0 Å². The van der Waals surface area contributed by atoms with Gasteiger partial charge < -0.3 is 10.2 Å². The number of carboxylic acids is 2. The van der Waals surface area contributed by atoms with Gasteiger partial charge in [-0.25, -0.2) is 0 Å². The lowest BCUT2D eigenvalue weighted by molar-refractivity contribution is -0.162. The molecule has 2 N–H and O–H groups in total. The summed E-state index contributed by atoms with van der Waals surface area (Å²) in [6, 6.07) is 9.47. The summed E-state index contributed by atoms with van der Waals surface area (Å²) in [6.45, 7) is 3.97. The number of benzene rings is 1. The van der Waals surface area contributed by atoms with Crippen LogP contribution >= 0.6 is 0 Å². The van der Waals surface area contributed by atoms with Crippen molar-refractivity contribution in [1.82, 2.24) is 4.90 Å². The van der Waals surface area contributed by atoms with E-state index >= 15 is 0 Å². The van der Waals surface area contributed by atoms with Crippen LogP contribution in [0.2, 0.25) is 0 Å². The second-order valence-corrected chi connectivity index (χ2v) is 5.95. The Morgan fingerprint density at radius 2 is 1.45 bits per heavy atom. The average Bonchev–Trinajstić information content (AvgIpc) is 2.84. The summed E-state index contributed by atoms with van der Waals surface area (Å²) in [5.74, 6) is -1.86. The molecule has 2 atom stereocenters. The molecule has 0 bridgehead atoms. The van der Waals surface area contributed by atoms with Crippen LogP contribution in [0.3, 0.4) is 0 Å². The van der Waals surface area contributed by atoms with Crippen LogP contribution in [0.15, 0.2) is 30.3 Å². The van der Waals surface area contributed by atoms with Crippen molar-refractivity contribution in [2.75, 3.05) is 0 Å². The van der Waals surface area contributed by atoms with Crippen molar-refractivity contribution in [1.29, 1.82) is 0 Å². The van der Waals surface area contributed by atoms with Crippen molar-refractivity contribution in [2.24, 2.45) is 0 Å². The Kier molecular flexibility index (Phi) is 4.56. The van der Waals surface area contributed by atoms with E-state index in [0.29, 0.717) is 32.2 Å². The molecule has 1 fully saturated rings. The fourth-order valence-electron chi connectivity index (χ4n) is 3.64. The molecule has 0 spiro atoms. The van der Waals surface area contributed by atoms with Crippen molar-refractivity contribution in [3.63, 3.8) is 0 Å². The van der Waals surface area contributed by atoms with Crippen molar-refractivity contribution in [3.8, 4) is 0 Å². The van der Waals surface area contributed by atoms with Gasteiger partial charge in [0, 0.05) is 6.54 Å². The van der Waals surface area contributed by atoms with Gasteiger partial charge in [-0.05, 0) is 31.2 Å². The predicted octanol–water partition coefficient (Wildman–Crippen LogP) is 2.75. The summed E-state index contributed by atoms with van der Waals surface area (Å²) >= 11 is 0. The number of likely N-dealkylation sites (tertiary alicyclic amines) is 1. The molecule has 0 aromatic heterocycles. The zero-order valence-corrected chi connectivity index (χ0v) is 13.1. The topological polar surface area (TPSA) is 77.8 Å². The number of aliphatic carboxylic acids is 2. The second-order valence-electron chi connectivity index (χ2n) is 5.95. The van der Waals surface area contributed by atoms with E-state index in [-0.39, 0.29) is 0 Å². The molecule has 0 amide bonds. The van der Waals surface area contributed by atoms with E-state index in [1.165, 1.54) is 0 Å². The highest BCUT2D eigenvalue weighted by Gasteiger charge is 2.60. The highest BCUT2D eigenvalue weighted by atomic mass is 16.4. The molecule has 0 unspecified atom stereocenters. The van der Waals surface area contributed by atoms with Gasteiger partial charge in [-0.3, -0.25) is 14.5 Å². The first kappa shape index (κ1) is 16.5. The van der Waals surface area contributed by atoms with Crippen LogP contribution < -0.4 is 0 Å². The number of nitrogens with zero attached hydrogens (tertiary/aromatic N) is 1. The Morgan fingerprint density at radius 3 is 1.82 bits per heavy atom. The minimum absolute atomic E-state index is 0.334. The number of hydrogen-bond donors (Lipinski definition) is 2. The van der Waals surface area contributed by atoms with Gasteiger partial charge in [0.2, 0.25) is 0 Å². The van der Waals surface area contributed by atoms with E-state index in [4.69, 9.17) is 0 Å². The molecule has 0 radical (unpaired) electrons. The molecule has 5 heteroatoms. The summed E-state index contributed by atoms with van der Waals surface area (Å²) < 4.78 is 0. The molecule has 22 heavy (non-hydrogen) atoms. The lowest BCUT2D eigenvalue weighted by Gasteiger charge is -2.42. The SMILES string of the molecule is CC[C@]1(C(=O)O)CC[C@](CC)(C(=O)O)N1Cc1ccccc1. The van der Waals surface area contributed by atoms with Gasteiger partial charge >= 0.3 is 11.9 Å². The molecule has 2 rings (SSSR count). The van der Waals surface area contributed by atoms with Crippen molar-refractivity contribution >= 4 is 11.9 Å². The van der Waals surface area contributed by atoms with Crippen molar-refractivity contribution < 1.29 is 19.8 Å². The Morgan fingerprint density at radius 1 is 1.00 bits per heavy atom. The summed E-state index contributed by atoms with van der Waals surface area (Å²) in [5.41, 5.74) is -1.28. The maximum Gasteiger partial charge on any atom is 0.324 e. The minimum atomic E-state index is -1.11. The molecule has 1 aliphatic heterocycles. The molecule has 1 aromatic rings. The molecular weight excluding hydrogens is 282 g/mol. The molecular formula is C17H23NO4. The summed E-state index contributed by atoms with van der Waals surface area (Å²) in [6.07, 6.45) is 1.52. The van der Waals surface area contributed by atoms with Crippen LogP contribution in [0.25, 0.3) is 0 Å². The number of rotatable bonds is 6. The smallest absolute Gasteiger partial charge is 0.324 e. The molecule has 0 saturated carbocycles. The Hall–Kier alpha value is -1.88. The number of carbonyl (C=O) groups is 2. The lowest BCUT2D eigenvalue weighted by Crippen LogP contribution is -2.60. The normalized spacial score (nSPS) is 28.6. The van der Waals surface area contributed by atoms with E-state index < -0.39 is 23.0 Å². The van der Waals surface area contributed by atoms with Gasteiger partial charge in [0.25, 0.3) is 0 Å². The summed E-state index contributed by atoms with van der Waals surface area (Å²) in [5, 5.41) is 19.6. The van der Waals surface area contributed by atoms with Crippen LogP contribution in [0.4, 0.5) is 0 Å². The van der Waals surface area contributed by atoms with E-state index in [2.05, 4.69) is 0 Å². The molecule has 5 nitrogen and oxygen atoms in total. The van der Waals surface area contributed by atoms with Gasteiger partial charge in [0.15, 0.2) is 0 Å². The molecule has 1 heterocycles. The van der Waals surface area contributed by atoms with Crippen molar-refractivity contribution in [3.05, 3.63) is 35.9 Å². The van der Waals surface area contributed by atoms with Crippen molar-refractivity contribution in [2.45, 2.75) is 57.2 Å². The molecule has 1 aliphatic rings. The van der Waals surface area contributed by atoms with Crippen LogP contribution in [-0.4, -0.2) is 38.1 Å². The van der Waals surface area contributed by atoms with Gasteiger partial charge in [-0.2, -0.15) is 0 Å². The second kappa shape index (κ2) is 6.08. The Labute approximate surface area is 130 Å². The van der Waals surface area contributed by atoms with E-state index in [0.717, 1.165) is 5.56 Å². The Balaban J connectivity index is 2.50. The lowest BCUT2D eigenvalue weighted by atomic mass is 9.92.